The number of methoxy groups -OCH3 is 1. The second-order valence-electron chi connectivity index (χ2n) is 6.36. The largest absolute Gasteiger partial charge is 0.482 e. The van der Waals surface area contributed by atoms with Crippen LogP contribution in [0.1, 0.15) is 18.1 Å². The zero-order chi connectivity index (χ0) is 22.6. The lowest BCUT2D eigenvalue weighted by atomic mass is 10.1. The number of esters is 1. The van der Waals surface area contributed by atoms with Crippen molar-refractivity contribution in [2.45, 2.75) is 13.3 Å². The van der Waals surface area contributed by atoms with Gasteiger partial charge in [-0.25, -0.2) is 4.79 Å². The third kappa shape index (κ3) is 7.89. The Kier molecular flexibility index (Phi) is 9.75. The highest BCUT2D eigenvalue weighted by Gasteiger charge is 2.10. The van der Waals surface area contributed by atoms with E-state index in [-0.39, 0.29) is 12.2 Å². The summed E-state index contributed by atoms with van der Waals surface area (Å²) < 4.78 is 16.7. The SMILES string of the molecule is CCc1cc(Br)ccc1OCC(=O)Oc1ccc(/C=C(\C#N)C(=O)NCCOC)cc1. The highest BCUT2D eigenvalue weighted by Crippen LogP contribution is 2.24. The molecule has 0 unspecified atom stereocenters. The van der Waals surface area contributed by atoms with Gasteiger partial charge in [0.15, 0.2) is 6.61 Å². The molecule has 2 rings (SSSR count). The van der Waals surface area contributed by atoms with Crippen LogP contribution in [0.3, 0.4) is 0 Å². The normalized spacial score (nSPS) is 10.8. The van der Waals surface area contributed by atoms with Crippen molar-refractivity contribution < 1.29 is 23.8 Å². The fourth-order valence-electron chi connectivity index (χ4n) is 2.57. The standard InChI is InChI=1S/C23H23BrN2O5/c1-3-17-13-19(24)6-9-21(17)30-15-22(27)31-20-7-4-16(5-8-20)12-18(14-25)23(28)26-10-11-29-2/h4-9,12-13H,3,10-11,15H2,1-2H3,(H,26,28)/b18-12+. The van der Waals surface area contributed by atoms with E-state index in [1.165, 1.54) is 13.2 Å². The average Bonchev–Trinajstić information content (AvgIpc) is 2.77. The maximum Gasteiger partial charge on any atom is 0.349 e. The van der Waals surface area contributed by atoms with Gasteiger partial charge < -0.3 is 19.5 Å². The van der Waals surface area contributed by atoms with Gasteiger partial charge in [0, 0.05) is 18.1 Å². The van der Waals surface area contributed by atoms with Crippen LogP contribution in [0.5, 0.6) is 11.5 Å². The molecule has 7 nitrogen and oxygen atoms in total. The van der Waals surface area contributed by atoms with Gasteiger partial charge in [0.2, 0.25) is 0 Å². The highest BCUT2D eigenvalue weighted by atomic mass is 79.9. The summed E-state index contributed by atoms with van der Waals surface area (Å²) in [7, 11) is 1.52. The number of amides is 1. The van der Waals surface area contributed by atoms with E-state index >= 15 is 0 Å². The third-order valence-corrected chi connectivity index (χ3v) is 4.62. The summed E-state index contributed by atoms with van der Waals surface area (Å²) in [4.78, 5) is 24.1. The lowest BCUT2D eigenvalue weighted by molar-refractivity contribution is -0.136. The number of aryl methyl sites for hydroxylation is 1. The molecule has 0 fully saturated rings. The summed E-state index contributed by atoms with van der Waals surface area (Å²) in [6.07, 6.45) is 2.23. The zero-order valence-corrected chi connectivity index (χ0v) is 18.9. The molecule has 0 aliphatic heterocycles. The molecule has 162 valence electrons. The Bertz CT molecular complexity index is 980. The van der Waals surface area contributed by atoms with Gasteiger partial charge in [-0.05, 0) is 54.0 Å². The molecule has 2 aromatic carbocycles. The van der Waals surface area contributed by atoms with Crippen LogP contribution < -0.4 is 14.8 Å². The summed E-state index contributed by atoms with van der Waals surface area (Å²) in [5.74, 6) is -0.0497. The van der Waals surface area contributed by atoms with Crippen LogP contribution in [0.2, 0.25) is 0 Å². The second kappa shape index (κ2) is 12.5. The average molecular weight is 487 g/mol. The van der Waals surface area contributed by atoms with Gasteiger partial charge in [-0.3, -0.25) is 4.79 Å². The van der Waals surface area contributed by atoms with Crippen LogP contribution in [0.4, 0.5) is 0 Å². The van der Waals surface area contributed by atoms with Gasteiger partial charge in [0.25, 0.3) is 5.91 Å². The monoisotopic (exact) mass is 486 g/mol. The molecular weight excluding hydrogens is 464 g/mol. The number of nitrogens with one attached hydrogen (secondary N) is 1. The molecule has 0 saturated carbocycles. The number of hydrogen-bond donors (Lipinski definition) is 1. The fourth-order valence-corrected chi connectivity index (χ4v) is 2.98. The Morgan fingerprint density at radius 2 is 1.94 bits per heavy atom. The van der Waals surface area contributed by atoms with Crippen LogP contribution in [-0.4, -0.2) is 38.7 Å². The smallest absolute Gasteiger partial charge is 0.349 e. The van der Waals surface area contributed by atoms with Gasteiger partial charge >= 0.3 is 5.97 Å². The summed E-state index contributed by atoms with van der Waals surface area (Å²) in [6.45, 7) is 2.45. The molecule has 0 aromatic heterocycles. The van der Waals surface area contributed by atoms with Gasteiger partial charge in [-0.2, -0.15) is 5.26 Å². The first kappa shape index (κ1) is 24.1. The fraction of sp³-hybridized carbons (Fsp3) is 0.261. The summed E-state index contributed by atoms with van der Waals surface area (Å²) in [5.41, 5.74) is 1.57. The Hall–Kier alpha value is -3.15. The van der Waals surface area contributed by atoms with E-state index in [0.29, 0.717) is 30.2 Å². The number of carbonyl (C=O) groups excluding carboxylic acids is 2. The number of nitrogens with zero attached hydrogens (tertiary/aromatic N) is 1. The number of ether oxygens (including phenoxy) is 3. The topological polar surface area (TPSA) is 97.7 Å². The number of rotatable bonds is 10. The van der Waals surface area contributed by atoms with Crippen LogP contribution in [0.15, 0.2) is 52.5 Å². The van der Waals surface area contributed by atoms with E-state index < -0.39 is 11.9 Å². The number of hydrogen-bond acceptors (Lipinski definition) is 6. The number of nitriles is 1. The molecule has 1 N–H and O–H groups in total. The number of benzene rings is 2. The van der Waals surface area contributed by atoms with Gasteiger partial charge in [0.1, 0.15) is 23.1 Å². The van der Waals surface area contributed by atoms with Crippen LogP contribution >= 0.6 is 15.9 Å². The van der Waals surface area contributed by atoms with Crippen molar-refractivity contribution in [3.63, 3.8) is 0 Å². The predicted molar refractivity (Wildman–Crippen MR) is 120 cm³/mol. The van der Waals surface area contributed by atoms with E-state index in [1.54, 1.807) is 30.3 Å². The van der Waals surface area contributed by atoms with Crippen molar-refractivity contribution >= 4 is 33.9 Å². The second-order valence-corrected chi connectivity index (χ2v) is 7.27. The molecule has 0 aliphatic rings. The van der Waals surface area contributed by atoms with E-state index in [9.17, 15) is 14.9 Å². The zero-order valence-electron chi connectivity index (χ0n) is 17.3. The van der Waals surface area contributed by atoms with Crippen molar-refractivity contribution in [3.8, 4) is 17.6 Å². The lowest BCUT2D eigenvalue weighted by Gasteiger charge is -2.10. The molecule has 2 aromatic rings. The Balaban J connectivity index is 1.93. The van der Waals surface area contributed by atoms with Gasteiger partial charge in [-0.1, -0.05) is 35.0 Å². The maximum absolute atomic E-state index is 12.1. The Morgan fingerprint density at radius 1 is 1.19 bits per heavy atom. The van der Waals surface area contributed by atoms with E-state index in [1.807, 2.05) is 25.1 Å². The third-order valence-electron chi connectivity index (χ3n) is 4.13. The quantitative estimate of drug-likeness (QED) is 0.181. The highest BCUT2D eigenvalue weighted by molar-refractivity contribution is 9.10. The summed E-state index contributed by atoms with van der Waals surface area (Å²) in [5, 5.41) is 11.8. The predicted octanol–water partition coefficient (Wildman–Crippen LogP) is 3.67. The molecule has 0 bridgehead atoms. The number of carbonyl (C=O) groups is 2. The molecule has 0 heterocycles. The van der Waals surface area contributed by atoms with Gasteiger partial charge in [-0.15, -0.1) is 0 Å². The first-order valence-corrected chi connectivity index (χ1v) is 10.4. The molecule has 8 heteroatoms. The molecule has 0 radical (unpaired) electrons. The molecular formula is C23H23BrN2O5. The molecule has 0 saturated heterocycles. The summed E-state index contributed by atoms with van der Waals surface area (Å²) >= 11 is 3.41. The van der Waals surface area contributed by atoms with E-state index in [0.717, 1.165) is 16.5 Å². The molecule has 1 amide bonds. The van der Waals surface area contributed by atoms with Crippen LogP contribution in [0, 0.1) is 11.3 Å². The first-order valence-electron chi connectivity index (χ1n) is 9.57. The molecule has 0 atom stereocenters. The van der Waals surface area contributed by atoms with Crippen molar-refractivity contribution in [3.05, 3.63) is 63.6 Å². The minimum atomic E-state index is -0.538. The van der Waals surface area contributed by atoms with Crippen LogP contribution in [-0.2, 0) is 20.7 Å². The van der Waals surface area contributed by atoms with Crippen molar-refractivity contribution in [1.82, 2.24) is 5.32 Å². The van der Waals surface area contributed by atoms with E-state index in [2.05, 4.69) is 21.2 Å². The minimum Gasteiger partial charge on any atom is -0.482 e. The molecule has 0 aliphatic carbocycles. The van der Waals surface area contributed by atoms with Crippen LogP contribution in [0.25, 0.3) is 6.08 Å². The Morgan fingerprint density at radius 3 is 2.58 bits per heavy atom. The molecule has 0 spiro atoms. The lowest BCUT2D eigenvalue weighted by Crippen LogP contribution is -2.27. The maximum atomic E-state index is 12.1. The van der Waals surface area contributed by atoms with Crippen molar-refractivity contribution in [1.29, 1.82) is 5.26 Å². The molecule has 31 heavy (non-hydrogen) atoms. The van der Waals surface area contributed by atoms with Crippen molar-refractivity contribution in [2.24, 2.45) is 0 Å². The Labute approximate surface area is 189 Å². The van der Waals surface area contributed by atoms with E-state index in [4.69, 9.17) is 14.2 Å². The number of halogens is 1. The minimum absolute atomic E-state index is 0.0320. The first-order chi connectivity index (χ1) is 15.0. The van der Waals surface area contributed by atoms with Crippen molar-refractivity contribution in [2.75, 3.05) is 26.9 Å². The summed E-state index contributed by atoms with van der Waals surface area (Å²) in [6, 6.07) is 13.9. The van der Waals surface area contributed by atoms with Gasteiger partial charge in [0.05, 0.1) is 6.61 Å².